The molecular weight excluding hydrogens is 304 g/mol. The summed E-state index contributed by atoms with van der Waals surface area (Å²) in [5, 5.41) is 0. The van der Waals surface area contributed by atoms with Crippen LogP contribution >= 0.6 is 15.9 Å². The summed E-state index contributed by atoms with van der Waals surface area (Å²) in [6.45, 7) is 2.19. The molecule has 3 rings (SSSR count). The molecule has 0 saturated carbocycles. The van der Waals surface area contributed by atoms with Gasteiger partial charge in [0.05, 0.1) is 11.6 Å². The highest BCUT2D eigenvalue weighted by Crippen LogP contribution is 2.56. The average molecular weight is 321 g/mol. The fourth-order valence-corrected chi connectivity index (χ4v) is 4.24. The highest BCUT2D eigenvalue weighted by molar-refractivity contribution is 9.12. The maximum Gasteiger partial charge on any atom is 0.171 e. The lowest BCUT2D eigenvalue weighted by molar-refractivity contribution is -0.115. The predicted molar refractivity (Wildman–Crippen MR) is 79.5 cm³/mol. The Morgan fingerprint density at radius 3 is 2.89 bits per heavy atom. The number of rotatable bonds is 2. The van der Waals surface area contributed by atoms with Gasteiger partial charge in [0, 0.05) is 11.8 Å². The zero-order valence-electron chi connectivity index (χ0n) is 11.3. The van der Waals surface area contributed by atoms with Gasteiger partial charge in [-0.2, -0.15) is 0 Å². The third-order valence-electron chi connectivity index (χ3n) is 4.62. The maximum absolute atomic E-state index is 12.1. The molecule has 19 heavy (non-hydrogen) atoms. The van der Waals surface area contributed by atoms with E-state index in [1.807, 2.05) is 6.07 Å². The van der Waals surface area contributed by atoms with Crippen molar-refractivity contribution in [2.75, 3.05) is 7.11 Å². The van der Waals surface area contributed by atoms with Gasteiger partial charge in [-0.05, 0) is 64.0 Å². The minimum Gasteiger partial charge on any atom is -0.497 e. The van der Waals surface area contributed by atoms with Crippen molar-refractivity contribution in [2.45, 2.75) is 32.6 Å². The van der Waals surface area contributed by atoms with Crippen molar-refractivity contribution in [2.24, 2.45) is 5.41 Å². The molecule has 0 fully saturated rings. The first-order chi connectivity index (χ1) is 9.11. The zero-order valence-corrected chi connectivity index (χ0v) is 12.8. The Morgan fingerprint density at radius 1 is 1.42 bits per heavy atom. The topological polar surface area (TPSA) is 26.3 Å². The van der Waals surface area contributed by atoms with E-state index in [1.165, 1.54) is 16.7 Å². The van der Waals surface area contributed by atoms with E-state index in [1.54, 1.807) is 7.11 Å². The molecule has 1 unspecified atom stereocenters. The zero-order chi connectivity index (χ0) is 13.6. The van der Waals surface area contributed by atoms with Gasteiger partial charge in [0.25, 0.3) is 0 Å². The molecule has 0 aromatic heterocycles. The Bertz CT molecular complexity index is 588. The van der Waals surface area contributed by atoms with Crippen LogP contribution in [-0.2, 0) is 11.2 Å². The van der Waals surface area contributed by atoms with Crippen molar-refractivity contribution in [3.8, 4) is 5.75 Å². The number of benzene rings is 1. The van der Waals surface area contributed by atoms with Crippen molar-refractivity contribution in [3.63, 3.8) is 0 Å². The fraction of sp³-hybridized carbons (Fsp3) is 0.438. The number of carbonyl (C=O) groups is 1. The van der Waals surface area contributed by atoms with E-state index in [4.69, 9.17) is 4.74 Å². The Morgan fingerprint density at radius 2 is 2.21 bits per heavy atom. The van der Waals surface area contributed by atoms with Gasteiger partial charge >= 0.3 is 0 Å². The highest BCUT2D eigenvalue weighted by Gasteiger charge is 2.46. The standard InChI is InChI=1S/C16H17BrO2/c1-3-16-7-6-10-8-11(19-2)4-5-12(10)14(16)15(17)13(18)9-16/h4-5,8H,3,6-7,9H2,1-2H3. The maximum atomic E-state index is 12.1. The van der Waals surface area contributed by atoms with Crippen LogP contribution in [0.3, 0.4) is 0 Å². The SMILES string of the molecule is CCC12CCc3cc(OC)ccc3C1=C(Br)C(=O)C2. The van der Waals surface area contributed by atoms with Gasteiger partial charge in [0.15, 0.2) is 5.78 Å². The van der Waals surface area contributed by atoms with Crippen molar-refractivity contribution in [1.82, 2.24) is 0 Å². The number of halogens is 1. The first-order valence-corrected chi connectivity index (χ1v) is 7.51. The number of ketones is 1. The summed E-state index contributed by atoms with van der Waals surface area (Å²) < 4.78 is 6.09. The van der Waals surface area contributed by atoms with Gasteiger partial charge in [0.1, 0.15) is 5.75 Å². The van der Waals surface area contributed by atoms with Crippen LogP contribution in [-0.4, -0.2) is 12.9 Å². The smallest absolute Gasteiger partial charge is 0.171 e. The van der Waals surface area contributed by atoms with Crippen LogP contribution in [0.4, 0.5) is 0 Å². The third-order valence-corrected chi connectivity index (χ3v) is 5.46. The number of ether oxygens (including phenoxy) is 1. The Labute approximate surface area is 122 Å². The van der Waals surface area contributed by atoms with E-state index in [0.717, 1.165) is 29.5 Å². The summed E-state index contributed by atoms with van der Waals surface area (Å²) in [5.41, 5.74) is 3.80. The Hall–Kier alpha value is -1.09. The predicted octanol–water partition coefficient (Wildman–Crippen LogP) is 4.12. The molecule has 0 aliphatic heterocycles. The lowest BCUT2D eigenvalue weighted by atomic mass is 9.67. The van der Waals surface area contributed by atoms with E-state index < -0.39 is 0 Å². The minimum atomic E-state index is 0.0531. The van der Waals surface area contributed by atoms with Crippen LogP contribution < -0.4 is 4.74 Å². The molecule has 0 bridgehead atoms. The summed E-state index contributed by atoms with van der Waals surface area (Å²) in [4.78, 5) is 12.1. The summed E-state index contributed by atoms with van der Waals surface area (Å²) in [6.07, 6.45) is 3.76. The Kier molecular flexibility index (Phi) is 3.05. The van der Waals surface area contributed by atoms with Gasteiger partial charge in [-0.25, -0.2) is 0 Å². The van der Waals surface area contributed by atoms with Gasteiger partial charge in [-0.3, -0.25) is 4.79 Å². The lowest BCUT2D eigenvalue weighted by Crippen LogP contribution is -2.25. The highest BCUT2D eigenvalue weighted by atomic mass is 79.9. The largest absolute Gasteiger partial charge is 0.497 e. The van der Waals surface area contributed by atoms with Gasteiger partial charge in [-0.15, -0.1) is 0 Å². The second kappa shape index (κ2) is 4.48. The molecule has 0 spiro atoms. The van der Waals surface area contributed by atoms with E-state index >= 15 is 0 Å². The molecule has 1 atom stereocenters. The van der Waals surface area contributed by atoms with E-state index in [2.05, 4.69) is 35.0 Å². The number of methoxy groups -OCH3 is 1. The molecule has 100 valence electrons. The molecule has 0 radical (unpaired) electrons. The van der Waals surface area contributed by atoms with Crippen LogP contribution in [0.2, 0.25) is 0 Å². The molecular formula is C16H17BrO2. The number of aryl methyl sites for hydroxylation is 1. The van der Waals surface area contributed by atoms with Crippen molar-refractivity contribution in [1.29, 1.82) is 0 Å². The second-order valence-corrected chi connectivity index (χ2v) is 6.24. The van der Waals surface area contributed by atoms with Crippen LogP contribution in [0.1, 0.15) is 37.3 Å². The molecule has 2 aliphatic carbocycles. The van der Waals surface area contributed by atoms with E-state index in [9.17, 15) is 4.79 Å². The first kappa shape index (κ1) is 12.9. The molecule has 0 heterocycles. The molecule has 3 heteroatoms. The summed E-state index contributed by atoms with van der Waals surface area (Å²) >= 11 is 3.53. The van der Waals surface area contributed by atoms with Crippen molar-refractivity contribution >= 4 is 27.3 Å². The van der Waals surface area contributed by atoms with Gasteiger partial charge < -0.3 is 4.74 Å². The van der Waals surface area contributed by atoms with Crippen molar-refractivity contribution < 1.29 is 9.53 Å². The lowest BCUT2D eigenvalue weighted by Gasteiger charge is -2.36. The van der Waals surface area contributed by atoms with Crippen LogP contribution in [0, 0.1) is 5.41 Å². The normalized spacial score (nSPS) is 25.3. The number of allylic oxidation sites excluding steroid dienone is 2. The van der Waals surface area contributed by atoms with Crippen LogP contribution in [0.15, 0.2) is 22.7 Å². The third kappa shape index (κ3) is 1.78. The first-order valence-electron chi connectivity index (χ1n) is 6.72. The summed E-state index contributed by atoms with van der Waals surface area (Å²) in [5.74, 6) is 1.14. The van der Waals surface area contributed by atoms with E-state index in [0.29, 0.717) is 6.42 Å². The van der Waals surface area contributed by atoms with Crippen LogP contribution in [0.25, 0.3) is 5.57 Å². The molecule has 1 aromatic carbocycles. The minimum absolute atomic E-state index is 0.0531. The number of fused-ring (bicyclic) bond motifs is 3. The molecule has 0 amide bonds. The van der Waals surface area contributed by atoms with Crippen LogP contribution in [0.5, 0.6) is 5.75 Å². The second-order valence-electron chi connectivity index (χ2n) is 5.45. The Balaban J connectivity index is 2.20. The quantitative estimate of drug-likeness (QED) is 0.819. The fourth-order valence-electron chi connectivity index (χ4n) is 3.46. The molecule has 0 N–H and O–H groups in total. The number of hydrogen-bond donors (Lipinski definition) is 0. The van der Waals surface area contributed by atoms with Gasteiger partial charge in [0.2, 0.25) is 0 Å². The number of carbonyl (C=O) groups excluding carboxylic acids is 1. The molecule has 2 nitrogen and oxygen atoms in total. The number of Topliss-reactive ketones (excluding diaryl/α,β-unsaturated/α-hetero) is 1. The van der Waals surface area contributed by atoms with Crippen molar-refractivity contribution in [3.05, 3.63) is 33.8 Å². The molecule has 0 saturated heterocycles. The average Bonchev–Trinajstić information content (AvgIpc) is 2.71. The monoisotopic (exact) mass is 320 g/mol. The van der Waals surface area contributed by atoms with Gasteiger partial charge in [-0.1, -0.05) is 13.0 Å². The number of hydrogen-bond acceptors (Lipinski definition) is 2. The summed E-state index contributed by atoms with van der Waals surface area (Å²) in [6, 6.07) is 6.19. The van der Waals surface area contributed by atoms with E-state index in [-0.39, 0.29) is 11.2 Å². The molecule has 1 aromatic rings. The summed E-state index contributed by atoms with van der Waals surface area (Å²) in [7, 11) is 1.69. The molecule has 2 aliphatic rings.